The number of carbonyl (C=O) groups is 2. The zero-order valence-corrected chi connectivity index (χ0v) is 12.1. The first-order valence-corrected chi connectivity index (χ1v) is 6.35. The minimum absolute atomic E-state index is 0.401. The van der Waals surface area contributed by atoms with E-state index in [9.17, 15) is 31.5 Å². The minimum atomic E-state index is -5.89. The van der Waals surface area contributed by atoms with Gasteiger partial charge in [-0.2, -0.15) is 22.0 Å². The third kappa shape index (κ3) is 3.58. The molecule has 1 aliphatic rings. The van der Waals surface area contributed by atoms with Crippen LogP contribution in [-0.2, 0) is 9.53 Å². The van der Waals surface area contributed by atoms with Gasteiger partial charge in [0.2, 0.25) is 0 Å². The van der Waals surface area contributed by atoms with Gasteiger partial charge < -0.3 is 9.84 Å². The number of carboxylic acid groups (broad SMARTS) is 1. The number of hydrogen-bond donors (Lipinski definition) is 1. The van der Waals surface area contributed by atoms with E-state index in [4.69, 9.17) is 9.84 Å². The first-order valence-electron chi connectivity index (χ1n) is 6.35. The predicted molar refractivity (Wildman–Crippen MR) is 63.5 cm³/mol. The third-order valence-electron chi connectivity index (χ3n) is 3.12. The van der Waals surface area contributed by atoms with Gasteiger partial charge in [-0.05, 0) is 27.2 Å². The maximum atomic E-state index is 13.5. The smallest absolute Gasteiger partial charge is 0.453 e. The van der Waals surface area contributed by atoms with Gasteiger partial charge in [-0.1, -0.05) is 0 Å². The van der Waals surface area contributed by atoms with Crippen LogP contribution in [0.2, 0.25) is 0 Å². The molecule has 1 saturated heterocycles. The Morgan fingerprint density at radius 1 is 1.14 bits per heavy atom. The molecule has 1 amide bonds. The molecule has 0 aromatic carbocycles. The standard InChI is InChI=1S/C12H16F5NO4/c1-10(2,3)22-9(21)18-5-4-6(7(18)8(19)20)11(13,14)12(15,16)17/h6-7H,4-5H2,1-3H3,(H,19,20)/t6-,7+/m1/s1. The summed E-state index contributed by atoms with van der Waals surface area (Å²) < 4.78 is 69.1. The van der Waals surface area contributed by atoms with Gasteiger partial charge in [0, 0.05) is 6.54 Å². The van der Waals surface area contributed by atoms with Crippen LogP contribution in [0.4, 0.5) is 26.7 Å². The molecule has 0 radical (unpaired) electrons. The van der Waals surface area contributed by atoms with Crippen LogP contribution in [-0.4, -0.2) is 52.4 Å². The van der Waals surface area contributed by atoms with Crippen molar-refractivity contribution in [3.05, 3.63) is 0 Å². The molecule has 5 nitrogen and oxygen atoms in total. The van der Waals surface area contributed by atoms with E-state index in [1.165, 1.54) is 20.8 Å². The molecule has 0 aromatic heterocycles. The topological polar surface area (TPSA) is 66.8 Å². The molecule has 2 atom stereocenters. The van der Waals surface area contributed by atoms with Gasteiger partial charge in [0.05, 0.1) is 5.92 Å². The van der Waals surface area contributed by atoms with Crippen LogP contribution in [0.25, 0.3) is 0 Å². The van der Waals surface area contributed by atoms with Crippen LogP contribution in [0.5, 0.6) is 0 Å². The average molecular weight is 333 g/mol. The normalized spacial score (nSPS) is 23.5. The number of hydrogen-bond acceptors (Lipinski definition) is 3. The molecule has 128 valence electrons. The number of likely N-dealkylation sites (tertiary alicyclic amines) is 1. The number of ether oxygens (including phenoxy) is 1. The summed E-state index contributed by atoms with van der Waals surface area (Å²) in [5, 5.41) is 8.98. The lowest BCUT2D eigenvalue weighted by Gasteiger charge is -2.31. The fourth-order valence-corrected chi connectivity index (χ4v) is 2.21. The predicted octanol–water partition coefficient (Wildman–Crippen LogP) is 2.89. The number of carboxylic acids is 1. The largest absolute Gasteiger partial charge is 0.480 e. The number of amides is 1. The Labute approximate surface area is 123 Å². The molecule has 0 spiro atoms. The second-order valence-corrected chi connectivity index (χ2v) is 5.97. The highest BCUT2D eigenvalue weighted by molar-refractivity contribution is 5.81. The molecule has 1 rings (SSSR count). The van der Waals surface area contributed by atoms with Gasteiger partial charge in [0.25, 0.3) is 0 Å². The molecule has 0 aromatic rings. The van der Waals surface area contributed by atoms with Gasteiger partial charge in [-0.3, -0.25) is 4.90 Å². The summed E-state index contributed by atoms with van der Waals surface area (Å²) in [6, 6.07) is -2.30. The van der Waals surface area contributed by atoms with E-state index in [0.717, 1.165) is 0 Å². The molecule has 22 heavy (non-hydrogen) atoms. The summed E-state index contributed by atoms with van der Waals surface area (Å²) >= 11 is 0. The van der Waals surface area contributed by atoms with E-state index in [1.807, 2.05) is 0 Å². The quantitative estimate of drug-likeness (QED) is 0.789. The lowest BCUT2D eigenvalue weighted by molar-refractivity contribution is -0.304. The van der Waals surface area contributed by atoms with Gasteiger partial charge in [0.15, 0.2) is 0 Å². The molecule has 1 fully saturated rings. The summed E-state index contributed by atoms with van der Waals surface area (Å²) in [7, 11) is 0. The molecule has 1 aliphatic heterocycles. The van der Waals surface area contributed by atoms with Gasteiger partial charge >= 0.3 is 24.2 Å². The van der Waals surface area contributed by atoms with E-state index < -0.39 is 54.7 Å². The second-order valence-electron chi connectivity index (χ2n) is 5.97. The van der Waals surface area contributed by atoms with Gasteiger partial charge in [-0.15, -0.1) is 0 Å². The van der Waals surface area contributed by atoms with Crippen molar-refractivity contribution >= 4 is 12.1 Å². The Balaban J connectivity index is 3.07. The van der Waals surface area contributed by atoms with E-state index >= 15 is 0 Å². The average Bonchev–Trinajstić information content (AvgIpc) is 2.69. The third-order valence-corrected chi connectivity index (χ3v) is 3.12. The highest BCUT2D eigenvalue weighted by Gasteiger charge is 2.67. The van der Waals surface area contributed by atoms with E-state index in [2.05, 4.69) is 0 Å². The number of alkyl halides is 5. The monoisotopic (exact) mass is 333 g/mol. The highest BCUT2D eigenvalue weighted by atomic mass is 19.4. The highest BCUT2D eigenvalue weighted by Crippen LogP contribution is 2.47. The first-order chi connectivity index (χ1) is 9.68. The van der Waals surface area contributed by atoms with E-state index in [-0.39, 0.29) is 0 Å². The minimum Gasteiger partial charge on any atom is -0.480 e. The molecule has 0 aliphatic carbocycles. The van der Waals surface area contributed by atoms with Gasteiger partial charge in [-0.25, -0.2) is 9.59 Å². The summed E-state index contributed by atoms with van der Waals surface area (Å²) in [4.78, 5) is 23.3. The fourth-order valence-electron chi connectivity index (χ4n) is 2.21. The molecule has 0 saturated carbocycles. The number of carbonyl (C=O) groups excluding carboxylic acids is 1. The molecule has 1 N–H and O–H groups in total. The first kappa shape index (κ1) is 18.4. The summed E-state index contributed by atoms with van der Waals surface area (Å²) in [6.45, 7) is 3.82. The number of aliphatic carboxylic acids is 1. The van der Waals surface area contributed by atoms with Crippen LogP contribution >= 0.6 is 0 Å². The Morgan fingerprint density at radius 3 is 2.00 bits per heavy atom. The summed E-state index contributed by atoms with van der Waals surface area (Å²) in [5.74, 6) is -9.71. The molecule has 10 heteroatoms. The van der Waals surface area contributed by atoms with Crippen molar-refractivity contribution < 1.29 is 41.4 Å². The van der Waals surface area contributed by atoms with E-state index in [0.29, 0.717) is 4.90 Å². The van der Waals surface area contributed by atoms with Crippen molar-refractivity contribution in [3.8, 4) is 0 Å². The molecule has 0 bridgehead atoms. The van der Waals surface area contributed by atoms with Crippen molar-refractivity contribution in [1.29, 1.82) is 0 Å². The Hall–Kier alpha value is -1.61. The molecular weight excluding hydrogens is 317 g/mol. The second kappa shape index (κ2) is 5.54. The molecular formula is C12H16F5NO4. The van der Waals surface area contributed by atoms with Crippen molar-refractivity contribution in [2.24, 2.45) is 5.92 Å². The van der Waals surface area contributed by atoms with Gasteiger partial charge in [0.1, 0.15) is 11.6 Å². The Morgan fingerprint density at radius 2 is 1.64 bits per heavy atom. The van der Waals surface area contributed by atoms with Crippen LogP contribution < -0.4 is 0 Å². The summed E-state index contributed by atoms with van der Waals surface area (Å²) in [6.07, 6.45) is -7.92. The lowest BCUT2D eigenvalue weighted by Crippen LogP contribution is -2.53. The zero-order valence-electron chi connectivity index (χ0n) is 12.1. The maximum Gasteiger partial charge on any atom is 0.453 e. The van der Waals surface area contributed by atoms with Crippen LogP contribution in [0.15, 0.2) is 0 Å². The van der Waals surface area contributed by atoms with Crippen molar-refractivity contribution in [2.75, 3.05) is 6.54 Å². The zero-order chi connectivity index (χ0) is 17.5. The molecule has 0 unspecified atom stereocenters. The Bertz CT molecular complexity index is 457. The number of rotatable bonds is 2. The number of nitrogens with zero attached hydrogens (tertiary/aromatic N) is 1. The lowest BCUT2D eigenvalue weighted by atomic mass is 9.92. The van der Waals surface area contributed by atoms with Crippen molar-refractivity contribution in [1.82, 2.24) is 4.90 Å². The molecule has 1 heterocycles. The number of halogens is 5. The van der Waals surface area contributed by atoms with Crippen LogP contribution in [0.3, 0.4) is 0 Å². The van der Waals surface area contributed by atoms with Crippen molar-refractivity contribution in [3.63, 3.8) is 0 Å². The maximum absolute atomic E-state index is 13.5. The Kier molecular flexibility index (Phi) is 4.65. The SMILES string of the molecule is CC(C)(C)OC(=O)N1CC[C@@H](C(F)(F)C(F)(F)F)[C@H]1C(=O)O. The summed E-state index contributed by atoms with van der Waals surface area (Å²) in [5.41, 5.74) is -1.04. The van der Waals surface area contributed by atoms with E-state index in [1.54, 1.807) is 0 Å². The van der Waals surface area contributed by atoms with Crippen molar-refractivity contribution in [2.45, 2.75) is 50.9 Å². The van der Waals surface area contributed by atoms with Crippen LogP contribution in [0, 0.1) is 5.92 Å². The fraction of sp³-hybridized carbons (Fsp3) is 0.833. The van der Waals surface area contributed by atoms with Crippen LogP contribution in [0.1, 0.15) is 27.2 Å².